The zero-order valence-electron chi connectivity index (χ0n) is 12.6. The second kappa shape index (κ2) is 8.18. The van der Waals surface area contributed by atoms with Crippen molar-refractivity contribution in [2.45, 2.75) is 40.2 Å². The number of hydrogen-bond acceptors (Lipinski definition) is 3. The molecule has 0 saturated heterocycles. The minimum Gasteiger partial charge on any atom is -0.492 e. The Bertz CT molecular complexity index is 357. The summed E-state index contributed by atoms with van der Waals surface area (Å²) in [5.74, 6) is 0.948. The van der Waals surface area contributed by atoms with Crippen molar-refractivity contribution in [1.29, 1.82) is 0 Å². The first-order valence-electron chi connectivity index (χ1n) is 7.09. The molecule has 0 unspecified atom stereocenters. The third-order valence-electron chi connectivity index (χ3n) is 3.18. The summed E-state index contributed by atoms with van der Waals surface area (Å²) in [7, 11) is 0. The lowest BCUT2D eigenvalue weighted by Crippen LogP contribution is -2.35. The van der Waals surface area contributed by atoms with E-state index in [1.807, 2.05) is 0 Å². The minimum atomic E-state index is 0.251. The van der Waals surface area contributed by atoms with E-state index in [2.05, 4.69) is 50.8 Å². The smallest absolute Gasteiger partial charge is 0.119 e. The van der Waals surface area contributed by atoms with Gasteiger partial charge in [0.25, 0.3) is 0 Å². The van der Waals surface area contributed by atoms with E-state index in [-0.39, 0.29) is 6.61 Å². The van der Waals surface area contributed by atoms with Crippen molar-refractivity contribution in [2.24, 2.45) is 0 Å². The molecular formula is C16H27NO2. The number of rotatable bonds is 8. The lowest BCUT2D eigenvalue weighted by molar-refractivity contribution is 0.160. The molecule has 0 amide bonds. The Morgan fingerprint density at radius 3 is 2.26 bits per heavy atom. The van der Waals surface area contributed by atoms with Crippen LogP contribution in [0.15, 0.2) is 18.2 Å². The zero-order chi connectivity index (χ0) is 14.3. The van der Waals surface area contributed by atoms with E-state index in [4.69, 9.17) is 9.84 Å². The van der Waals surface area contributed by atoms with Gasteiger partial charge < -0.3 is 9.84 Å². The van der Waals surface area contributed by atoms with Crippen LogP contribution in [0.25, 0.3) is 0 Å². The highest BCUT2D eigenvalue weighted by Crippen LogP contribution is 2.16. The van der Waals surface area contributed by atoms with E-state index < -0.39 is 0 Å². The van der Waals surface area contributed by atoms with Crippen molar-refractivity contribution in [2.75, 3.05) is 26.3 Å². The summed E-state index contributed by atoms with van der Waals surface area (Å²) in [5, 5.41) is 8.90. The molecule has 0 radical (unpaired) electrons. The first-order valence-corrected chi connectivity index (χ1v) is 7.09. The predicted octanol–water partition coefficient (Wildman–Crippen LogP) is 2.78. The van der Waals surface area contributed by atoms with Gasteiger partial charge in [0.1, 0.15) is 12.4 Å². The summed E-state index contributed by atoms with van der Waals surface area (Å²) in [5.41, 5.74) is 2.46. The summed E-state index contributed by atoms with van der Waals surface area (Å²) in [6.07, 6.45) is 0.821. The van der Waals surface area contributed by atoms with Crippen molar-refractivity contribution >= 4 is 0 Å². The van der Waals surface area contributed by atoms with Gasteiger partial charge in [0.15, 0.2) is 0 Å². The second-order valence-corrected chi connectivity index (χ2v) is 5.38. The molecule has 19 heavy (non-hydrogen) atoms. The normalized spacial score (nSPS) is 11.3. The van der Waals surface area contributed by atoms with E-state index in [0.717, 1.165) is 25.3 Å². The highest BCUT2D eigenvalue weighted by Gasteiger charge is 2.08. The van der Waals surface area contributed by atoms with Crippen LogP contribution in [0.4, 0.5) is 0 Å². The highest BCUT2D eigenvalue weighted by molar-refractivity contribution is 5.32. The van der Waals surface area contributed by atoms with Gasteiger partial charge in [0, 0.05) is 25.7 Å². The van der Waals surface area contributed by atoms with Crippen LogP contribution in [0.1, 0.15) is 31.4 Å². The zero-order valence-corrected chi connectivity index (χ0v) is 12.6. The van der Waals surface area contributed by atoms with Gasteiger partial charge in [-0.2, -0.15) is 0 Å². The number of aryl methyl sites for hydroxylation is 2. The molecule has 1 aromatic rings. The largest absolute Gasteiger partial charge is 0.492 e. The molecule has 0 saturated carbocycles. The summed E-state index contributed by atoms with van der Waals surface area (Å²) in [4.78, 5) is 2.33. The van der Waals surface area contributed by atoms with Gasteiger partial charge in [-0.3, -0.25) is 4.90 Å². The SMILES string of the molecule is Cc1cc(C)cc(OCCN(CCCO)C(C)C)c1. The molecule has 0 aromatic heterocycles. The number of aliphatic hydroxyl groups is 1. The van der Waals surface area contributed by atoms with E-state index in [0.29, 0.717) is 12.6 Å². The lowest BCUT2D eigenvalue weighted by atomic mass is 10.1. The fraction of sp³-hybridized carbons (Fsp3) is 0.625. The fourth-order valence-corrected chi connectivity index (χ4v) is 2.20. The van der Waals surface area contributed by atoms with Crippen LogP contribution in [-0.4, -0.2) is 42.4 Å². The van der Waals surface area contributed by atoms with Crippen molar-refractivity contribution in [3.8, 4) is 5.75 Å². The molecular weight excluding hydrogens is 238 g/mol. The Hall–Kier alpha value is -1.06. The van der Waals surface area contributed by atoms with Crippen LogP contribution in [0.5, 0.6) is 5.75 Å². The average Bonchev–Trinajstić information content (AvgIpc) is 2.31. The van der Waals surface area contributed by atoms with Crippen LogP contribution >= 0.6 is 0 Å². The van der Waals surface area contributed by atoms with E-state index in [9.17, 15) is 0 Å². The maximum atomic E-state index is 8.90. The molecule has 0 atom stereocenters. The molecule has 1 N–H and O–H groups in total. The third-order valence-corrected chi connectivity index (χ3v) is 3.18. The monoisotopic (exact) mass is 265 g/mol. The lowest BCUT2D eigenvalue weighted by Gasteiger charge is -2.26. The van der Waals surface area contributed by atoms with Crippen LogP contribution in [-0.2, 0) is 0 Å². The number of benzene rings is 1. The molecule has 3 nitrogen and oxygen atoms in total. The molecule has 0 aliphatic rings. The molecule has 1 rings (SSSR count). The van der Waals surface area contributed by atoms with Gasteiger partial charge in [0.2, 0.25) is 0 Å². The molecule has 0 spiro atoms. The maximum Gasteiger partial charge on any atom is 0.119 e. The first kappa shape index (κ1) is 16.0. The molecule has 3 heteroatoms. The fourth-order valence-electron chi connectivity index (χ4n) is 2.20. The average molecular weight is 265 g/mol. The maximum absolute atomic E-state index is 8.90. The summed E-state index contributed by atoms with van der Waals surface area (Å²) < 4.78 is 5.82. The number of nitrogens with zero attached hydrogens (tertiary/aromatic N) is 1. The summed E-state index contributed by atoms with van der Waals surface area (Å²) in [6, 6.07) is 6.77. The Morgan fingerprint density at radius 1 is 1.11 bits per heavy atom. The van der Waals surface area contributed by atoms with Gasteiger partial charge in [-0.25, -0.2) is 0 Å². The van der Waals surface area contributed by atoms with E-state index >= 15 is 0 Å². The van der Waals surface area contributed by atoms with Gasteiger partial charge in [-0.1, -0.05) is 6.07 Å². The predicted molar refractivity (Wildman–Crippen MR) is 79.8 cm³/mol. The van der Waals surface area contributed by atoms with Gasteiger partial charge in [-0.15, -0.1) is 0 Å². The van der Waals surface area contributed by atoms with Gasteiger partial charge >= 0.3 is 0 Å². The molecule has 0 bridgehead atoms. The van der Waals surface area contributed by atoms with Crippen LogP contribution in [0, 0.1) is 13.8 Å². The Labute approximate surface area is 117 Å². The van der Waals surface area contributed by atoms with Crippen LogP contribution in [0.3, 0.4) is 0 Å². The third kappa shape index (κ3) is 6.08. The summed E-state index contributed by atoms with van der Waals surface area (Å²) >= 11 is 0. The molecule has 108 valence electrons. The molecule has 0 aliphatic heterocycles. The first-order chi connectivity index (χ1) is 9.02. The van der Waals surface area contributed by atoms with E-state index in [1.54, 1.807) is 0 Å². The standard InChI is InChI=1S/C16H27NO2/c1-13(2)17(6-5-8-18)7-9-19-16-11-14(3)10-15(4)12-16/h10-13,18H,5-9H2,1-4H3. The van der Waals surface area contributed by atoms with Crippen molar-refractivity contribution < 1.29 is 9.84 Å². The number of ether oxygens (including phenoxy) is 1. The Balaban J connectivity index is 2.42. The van der Waals surface area contributed by atoms with Gasteiger partial charge in [0.05, 0.1) is 0 Å². The summed E-state index contributed by atoms with van der Waals surface area (Å²) in [6.45, 7) is 11.3. The molecule has 0 fully saturated rings. The highest BCUT2D eigenvalue weighted by atomic mass is 16.5. The number of hydrogen-bond donors (Lipinski definition) is 1. The van der Waals surface area contributed by atoms with Crippen molar-refractivity contribution in [1.82, 2.24) is 4.90 Å². The van der Waals surface area contributed by atoms with Crippen LogP contribution in [0.2, 0.25) is 0 Å². The second-order valence-electron chi connectivity index (χ2n) is 5.38. The molecule has 1 aromatic carbocycles. The van der Waals surface area contributed by atoms with E-state index in [1.165, 1.54) is 11.1 Å². The number of aliphatic hydroxyl groups excluding tert-OH is 1. The quantitative estimate of drug-likeness (QED) is 0.784. The topological polar surface area (TPSA) is 32.7 Å². The van der Waals surface area contributed by atoms with Crippen molar-refractivity contribution in [3.05, 3.63) is 29.3 Å². The minimum absolute atomic E-state index is 0.251. The van der Waals surface area contributed by atoms with Crippen LogP contribution < -0.4 is 4.74 Å². The Kier molecular flexibility index (Phi) is 6.89. The Morgan fingerprint density at radius 2 is 1.74 bits per heavy atom. The molecule has 0 aliphatic carbocycles. The molecule has 0 heterocycles. The van der Waals surface area contributed by atoms with Gasteiger partial charge in [-0.05, 0) is 57.4 Å². The van der Waals surface area contributed by atoms with Crippen molar-refractivity contribution in [3.63, 3.8) is 0 Å².